The van der Waals surface area contributed by atoms with Gasteiger partial charge < -0.3 is 14.8 Å². The SMILES string of the molecule is CCNC(c1c(OC)cccc1OC)C1CCCC1. The van der Waals surface area contributed by atoms with Crippen molar-refractivity contribution in [3.8, 4) is 11.5 Å². The molecule has 1 aromatic carbocycles. The first kappa shape index (κ1) is 14.2. The van der Waals surface area contributed by atoms with E-state index < -0.39 is 0 Å². The molecule has 1 fully saturated rings. The van der Waals surface area contributed by atoms with Gasteiger partial charge in [-0.15, -0.1) is 0 Å². The maximum absolute atomic E-state index is 5.55. The van der Waals surface area contributed by atoms with Crippen LogP contribution in [-0.2, 0) is 0 Å². The molecular formula is C16H25NO2. The number of nitrogens with one attached hydrogen (secondary N) is 1. The fourth-order valence-corrected chi connectivity index (χ4v) is 3.20. The summed E-state index contributed by atoms with van der Waals surface area (Å²) >= 11 is 0. The molecule has 0 saturated heterocycles. The molecule has 0 heterocycles. The number of hydrogen-bond acceptors (Lipinski definition) is 3. The summed E-state index contributed by atoms with van der Waals surface area (Å²) in [5.74, 6) is 2.54. The van der Waals surface area contributed by atoms with E-state index in [1.54, 1.807) is 14.2 Å². The highest BCUT2D eigenvalue weighted by Gasteiger charge is 2.30. The monoisotopic (exact) mass is 263 g/mol. The van der Waals surface area contributed by atoms with Crippen LogP contribution in [0.3, 0.4) is 0 Å². The van der Waals surface area contributed by atoms with E-state index in [0.29, 0.717) is 12.0 Å². The Morgan fingerprint density at radius 3 is 2.21 bits per heavy atom. The fraction of sp³-hybridized carbons (Fsp3) is 0.625. The second-order valence-electron chi connectivity index (χ2n) is 5.16. The first-order chi connectivity index (χ1) is 9.31. The summed E-state index contributed by atoms with van der Waals surface area (Å²) in [6, 6.07) is 6.37. The Labute approximate surface area is 116 Å². The van der Waals surface area contributed by atoms with E-state index in [2.05, 4.69) is 12.2 Å². The van der Waals surface area contributed by atoms with Gasteiger partial charge in [0.15, 0.2) is 0 Å². The molecule has 106 valence electrons. The summed E-state index contributed by atoms with van der Waals surface area (Å²) in [4.78, 5) is 0. The standard InChI is InChI=1S/C16H25NO2/c1-4-17-16(12-8-5-6-9-12)15-13(18-2)10-7-11-14(15)19-3/h7,10-12,16-17H,4-6,8-9H2,1-3H3. The van der Waals surface area contributed by atoms with Crippen molar-refractivity contribution in [2.75, 3.05) is 20.8 Å². The van der Waals surface area contributed by atoms with Crippen LogP contribution in [0, 0.1) is 5.92 Å². The molecule has 2 rings (SSSR count). The molecule has 3 nitrogen and oxygen atoms in total. The Bertz CT molecular complexity index is 377. The van der Waals surface area contributed by atoms with E-state index >= 15 is 0 Å². The van der Waals surface area contributed by atoms with Crippen LogP contribution >= 0.6 is 0 Å². The Kier molecular flexibility index (Phi) is 5.08. The lowest BCUT2D eigenvalue weighted by Gasteiger charge is -2.27. The summed E-state index contributed by atoms with van der Waals surface area (Å²) in [7, 11) is 3.46. The van der Waals surface area contributed by atoms with Crippen molar-refractivity contribution in [1.29, 1.82) is 0 Å². The molecular weight excluding hydrogens is 238 g/mol. The number of methoxy groups -OCH3 is 2. The van der Waals surface area contributed by atoms with E-state index in [-0.39, 0.29) is 0 Å². The van der Waals surface area contributed by atoms with Crippen LogP contribution in [-0.4, -0.2) is 20.8 Å². The van der Waals surface area contributed by atoms with Crippen LogP contribution in [0.2, 0.25) is 0 Å². The number of rotatable bonds is 6. The van der Waals surface area contributed by atoms with Crippen molar-refractivity contribution in [2.24, 2.45) is 5.92 Å². The van der Waals surface area contributed by atoms with E-state index in [1.165, 1.54) is 31.2 Å². The second-order valence-corrected chi connectivity index (χ2v) is 5.16. The van der Waals surface area contributed by atoms with Gasteiger partial charge in [-0.25, -0.2) is 0 Å². The lowest BCUT2D eigenvalue weighted by molar-refractivity contribution is 0.328. The maximum Gasteiger partial charge on any atom is 0.127 e. The van der Waals surface area contributed by atoms with Crippen LogP contribution in [0.25, 0.3) is 0 Å². The minimum absolute atomic E-state index is 0.332. The molecule has 1 atom stereocenters. The van der Waals surface area contributed by atoms with Crippen molar-refractivity contribution in [1.82, 2.24) is 5.32 Å². The quantitative estimate of drug-likeness (QED) is 0.851. The van der Waals surface area contributed by atoms with E-state index in [4.69, 9.17) is 9.47 Å². The maximum atomic E-state index is 5.55. The number of benzene rings is 1. The summed E-state index contributed by atoms with van der Waals surface area (Å²) in [6.45, 7) is 3.12. The summed E-state index contributed by atoms with van der Waals surface area (Å²) in [6.07, 6.45) is 5.26. The van der Waals surface area contributed by atoms with Crippen LogP contribution in [0.15, 0.2) is 18.2 Å². The normalized spacial score (nSPS) is 17.4. The van der Waals surface area contributed by atoms with E-state index in [1.807, 2.05) is 18.2 Å². The zero-order valence-corrected chi connectivity index (χ0v) is 12.2. The zero-order chi connectivity index (χ0) is 13.7. The van der Waals surface area contributed by atoms with Crippen LogP contribution in [0.4, 0.5) is 0 Å². The van der Waals surface area contributed by atoms with Gasteiger partial charge in [0.25, 0.3) is 0 Å². The lowest BCUT2D eigenvalue weighted by Crippen LogP contribution is -2.27. The van der Waals surface area contributed by atoms with Gasteiger partial charge in [0, 0.05) is 6.04 Å². The van der Waals surface area contributed by atoms with Crippen molar-refractivity contribution in [3.63, 3.8) is 0 Å². The lowest BCUT2D eigenvalue weighted by atomic mass is 9.90. The average molecular weight is 263 g/mol. The van der Waals surface area contributed by atoms with E-state index in [0.717, 1.165) is 18.0 Å². The predicted molar refractivity (Wildman–Crippen MR) is 77.9 cm³/mol. The molecule has 0 bridgehead atoms. The molecule has 3 heteroatoms. The first-order valence-electron chi connectivity index (χ1n) is 7.26. The largest absolute Gasteiger partial charge is 0.496 e. The van der Waals surface area contributed by atoms with Crippen molar-refractivity contribution >= 4 is 0 Å². The van der Waals surface area contributed by atoms with Crippen LogP contribution in [0.1, 0.15) is 44.2 Å². The van der Waals surface area contributed by atoms with Gasteiger partial charge in [0.05, 0.1) is 19.8 Å². The molecule has 1 aliphatic rings. The van der Waals surface area contributed by atoms with Gasteiger partial charge in [-0.2, -0.15) is 0 Å². The van der Waals surface area contributed by atoms with Gasteiger partial charge in [0.1, 0.15) is 11.5 Å². The summed E-state index contributed by atoms with van der Waals surface area (Å²) in [5, 5.41) is 3.63. The van der Waals surface area contributed by atoms with Gasteiger partial charge in [-0.1, -0.05) is 25.8 Å². The third kappa shape index (κ3) is 3.03. The topological polar surface area (TPSA) is 30.5 Å². The van der Waals surface area contributed by atoms with Crippen LogP contribution < -0.4 is 14.8 Å². The van der Waals surface area contributed by atoms with E-state index in [9.17, 15) is 0 Å². The molecule has 1 aromatic rings. The fourth-order valence-electron chi connectivity index (χ4n) is 3.20. The summed E-state index contributed by atoms with van der Waals surface area (Å²) < 4.78 is 11.1. The van der Waals surface area contributed by atoms with Crippen molar-refractivity contribution in [3.05, 3.63) is 23.8 Å². The third-order valence-electron chi connectivity index (χ3n) is 4.07. The molecule has 1 saturated carbocycles. The Balaban J connectivity index is 2.38. The van der Waals surface area contributed by atoms with Crippen molar-refractivity contribution < 1.29 is 9.47 Å². The molecule has 1 N–H and O–H groups in total. The molecule has 0 aromatic heterocycles. The Hall–Kier alpha value is -1.22. The third-order valence-corrected chi connectivity index (χ3v) is 4.07. The molecule has 0 radical (unpaired) electrons. The van der Waals surface area contributed by atoms with Gasteiger partial charge >= 0.3 is 0 Å². The second kappa shape index (κ2) is 6.80. The summed E-state index contributed by atoms with van der Waals surface area (Å²) in [5.41, 5.74) is 1.18. The smallest absolute Gasteiger partial charge is 0.127 e. The molecule has 0 aliphatic heterocycles. The number of ether oxygens (including phenoxy) is 2. The number of hydrogen-bond donors (Lipinski definition) is 1. The molecule has 1 aliphatic carbocycles. The highest BCUT2D eigenvalue weighted by Crippen LogP contribution is 2.42. The van der Waals surface area contributed by atoms with Gasteiger partial charge in [-0.3, -0.25) is 0 Å². The van der Waals surface area contributed by atoms with Gasteiger partial charge in [-0.05, 0) is 37.4 Å². The minimum Gasteiger partial charge on any atom is -0.496 e. The average Bonchev–Trinajstić information content (AvgIpc) is 2.98. The highest BCUT2D eigenvalue weighted by atomic mass is 16.5. The zero-order valence-electron chi connectivity index (χ0n) is 12.2. The Morgan fingerprint density at radius 2 is 1.74 bits per heavy atom. The molecule has 0 amide bonds. The van der Waals surface area contributed by atoms with Gasteiger partial charge in [0.2, 0.25) is 0 Å². The van der Waals surface area contributed by atoms with Crippen LogP contribution in [0.5, 0.6) is 11.5 Å². The van der Waals surface area contributed by atoms with Crippen molar-refractivity contribution in [2.45, 2.75) is 38.6 Å². The first-order valence-corrected chi connectivity index (χ1v) is 7.26. The minimum atomic E-state index is 0.332. The molecule has 19 heavy (non-hydrogen) atoms. The highest BCUT2D eigenvalue weighted by molar-refractivity contribution is 5.47. The molecule has 0 spiro atoms. The Morgan fingerprint density at radius 1 is 1.16 bits per heavy atom. The molecule has 1 unspecified atom stereocenters. The predicted octanol–water partition coefficient (Wildman–Crippen LogP) is 3.54.